The predicted molar refractivity (Wildman–Crippen MR) is 133 cm³/mol. The molecule has 1 fully saturated rings. The Morgan fingerprint density at radius 1 is 1.11 bits per heavy atom. The zero-order valence-electron chi connectivity index (χ0n) is 20.4. The first-order valence-corrected chi connectivity index (χ1v) is 12.2. The first-order valence-electron chi connectivity index (χ1n) is 12.2. The van der Waals surface area contributed by atoms with Crippen LogP contribution in [0.1, 0.15) is 54.0 Å². The molecule has 5 rings (SSSR count). The average Bonchev–Trinajstić information content (AvgIpc) is 3.66. The second-order valence-electron chi connectivity index (χ2n) is 9.41. The molecule has 0 bridgehead atoms. The summed E-state index contributed by atoms with van der Waals surface area (Å²) in [6.45, 7) is 4.26. The average molecular weight is 510 g/mol. The third-order valence-corrected chi connectivity index (χ3v) is 6.70. The molecule has 0 spiro atoms. The van der Waals surface area contributed by atoms with Gasteiger partial charge in [-0.3, -0.25) is 0 Å². The molecular formula is C27H26F3N5O2. The smallest absolute Gasteiger partial charge is 0.416 e. The van der Waals surface area contributed by atoms with Gasteiger partial charge in [-0.2, -0.15) is 13.2 Å². The lowest BCUT2D eigenvalue weighted by Gasteiger charge is -2.17. The third-order valence-electron chi connectivity index (χ3n) is 6.70. The number of aromatic carboxylic acids is 1. The van der Waals surface area contributed by atoms with Gasteiger partial charge in [0.2, 0.25) is 5.82 Å². The van der Waals surface area contributed by atoms with Crippen molar-refractivity contribution in [3.05, 3.63) is 71.0 Å². The van der Waals surface area contributed by atoms with Crippen LogP contribution in [0, 0.1) is 5.92 Å². The van der Waals surface area contributed by atoms with Gasteiger partial charge in [-0.15, -0.1) is 0 Å². The molecule has 1 aliphatic carbocycles. The van der Waals surface area contributed by atoms with Crippen molar-refractivity contribution in [3.63, 3.8) is 0 Å². The fourth-order valence-electron chi connectivity index (χ4n) is 4.45. The van der Waals surface area contributed by atoms with Crippen molar-refractivity contribution in [2.45, 2.75) is 51.9 Å². The molecule has 0 saturated heterocycles. The fourth-order valence-corrected chi connectivity index (χ4v) is 4.45. The van der Waals surface area contributed by atoms with Gasteiger partial charge < -0.3 is 15.0 Å². The molecule has 2 aromatic carbocycles. The highest BCUT2D eigenvalue weighted by Crippen LogP contribution is 2.36. The number of carboxylic acids is 1. The van der Waals surface area contributed by atoms with Crippen LogP contribution in [0.4, 0.5) is 19.0 Å². The molecule has 1 atom stereocenters. The highest BCUT2D eigenvalue weighted by molar-refractivity contribution is 5.92. The number of hydrogen-bond donors (Lipinski definition) is 2. The molecule has 1 aliphatic rings. The molecule has 37 heavy (non-hydrogen) atoms. The number of carbonyl (C=O) groups is 1. The standard InChI is InChI=1S/C27H26F3N5O2/c1-3-16-5-4-6-19(13-16)25-34-23-21(35(25)14-17-7-11-20(12-8-17)27(28,29)30)22(31-15(2)18-9-10-18)32-24(33-23)26(36)37/h4-8,11-13,15,18H,3,9-10,14H2,1-2H3,(H,36,37)(H,31,32,33). The van der Waals surface area contributed by atoms with Crippen molar-refractivity contribution in [1.29, 1.82) is 0 Å². The predicted octanol–water partition coefficient (Wildman–Crippen LogP) is 6.03. The molecule has 4 aromatic rings. The highest BCUT2D eigenvalue weighted by atomic mass is 19.4. The van der Waals surface area contributed by atoms with E-state index in [-0.39, 0.29) is 24.1 Å². The highest BCUT2D eigenvalue weighted by Gasteiger charge is 2.31. The molecule has 2 heterocycles. The molecule has 1 unspecified atom stereocenters. The first-order chi connectivity index (χ1) is 17.6. The van der Waals surface area contributed by atoms with Gasteiger partial charge in [0.05, 0.1) is 5.56 Å². The molecule has 0 amide bonds. The van der Waals surface area contributed by atoms with Crippen LogP contribution in [0.2, 0.25) is 0 Å². The van der Waals surface area contributed by atoms with Crippen molar-refractivity contribution in [2.24, 2.45) is 5.92 Å². The number of anilines is 1. The zero-order chi connectivity index (χ0) is 26.3. The van der Waals surface area contributed by atoms with E-state index >= 15 is 0 Å². The normalized spacial score (nSPS) is 14.6. The third kappa shape index (κ3) is 5.14. The van der Waals surface area contributed by atoms with Crippen molar-refractivity contribution in [3.8, 4) is 11.4 Å². The largest absolute Gasteiger partial charge is 0.475 e. The molecule has 0 aliphatic heterocycles. The number of imidazole rings is 1. The minimum Gasteiger partial charge on any atom is -0.475 e. The number of hydrogen-bond acceptors (Lipinski definition) is 5. The zero-order valence-corrected chi connectivity index (χ0v) is 20.4. The van der Waals surface area contributed by atoms with E-state index in [4.69, 9.17) is 4.98 Å². The summed E-state index contributed by atoms with van der Waals surface area (Å²) >= 11 is 0. The van der Waals surface area contributed by atoms with E-state index in [9.17, 15) is 23.1 Å². The number of aryl methyl sites for hydroxylation is 1. The Balaban J connectivity index is 1.69. The lowest BCUT2D eigenvalue weighted by atomic mass is 10.1. The molecule has 1 saturated carbocycles. The Hall–Kier alpha value is -3.95. The van der Waals surface area contributed by atoms with Crippen LogP contribution in [-0.4, -0.2) is 36.6 Å². The minimum absolute atomic E-state index is 0.0565. The van der Waals surface area contributed by atoms with Gasteiger partial charge in [-0.1, -0.05) is 37.3 Å². The van der Waals surface area contributed by atoms with Gasteiger partial charge >= 0.3 is 12.1 Å². The summed E-state index contributed by atoms with van der Waals surface area (Å²) in [6, 6.07) is 12.8. The number of benzene rings is 2. The van der Waals surface area contributed by atoms with E-state index in [0.29, 0.717) is 28.6 Å². The molecule has 192 valence electrons. The number of halogens is 3. The Labute approximate surface area is 211 Å². The van der Waals surface area contributed by atoms with Crippen LogP contribution >= 0.6 is 0 Å². The Morgan fingerprint density at radius 2 is 1.84 bits per heavy atom. The SMILES string of the molecule is CCc1cccc(-c2nc3nc(C(=O)O)nc(NC(C)C4CC4)c3n2Cc2ccc(C(F)(F)F)cc2)c1. The van der Waals surface area contributed by atoms with Gasteiger partial charge in [-0.05, 0) is 61.4 Å². The number of nitrogens with zero attached hydrogens (tertiary/aromatic N) is 4. The van der Waals surface area contributed by atoms with Gasteiger partial charge in [0.15, 0.2) is 11.5 Å². The van der Waals surface area contributed by atoms with Gasteiger partial charge in [0, 0.05) is 18.2 Å². The van der Waals surface area contributed by atoms with Gasteiger partial charge in [-0.25, -0.2) is 19.7 Å². The topological polar surface area (TPSA) is 92.9 Å². The Kier molecular flexibility index (Phi) is 6.35. The van der Waals surface area contributed by atoms with Gasteiger partial charge in [0.1, 0.15) is 11.3 Å². The molecule has 2 aromatic heterocycles. The molecular weight excluding hydrogens is 483 g/mol. The summed E-state index contributed by atoms with van der Waals surface area (Å²) in [4.78, 5) is 25.0. The van der Waals surface area contributed by atoms with Crippen LogP contribution in [0.25, 0.3) is 22.6 Å². The summed E-state index contributed by atoms with van der Waals surface area (Å²) in [7, 11) is 0. The van der Waals surface area contributed by atoms with Crippen LogP contribution in [0.15, 0.2) is 48.5 Å². The van der Waals surface area contributed by atoms with Crippen LogP contribution in [0.3, 0.4) is 0 Å². The maximum atomic E-state index is 13.1. The summed E-state index contributed by atoms with van der Waals surface area (Å²) in [5, 5.41) is 13.0. The quantitative estimate of drug-likeness (QED) is 0.301. The van der Waals surface area contributed by atoms with E-state index < -0.39 is 17.7 Å². The summed E-state index contributed by atoms with van der Waals surface area (Å²) in [5.41, 5.74) is 2.50. The lowest BCUT2D eigenvalue weighted by molar-refractivity contribution is -0.137. The molecule has 7 nitrogen and oxygen atoms in total. The number of rotatable bonds is 8. The van der Waals surface area contributed by atoms with Crippen molar-refractivity contribution in [2.75, 3.05) is 5.32 Å². The molecule has 10 heteroatoms. The van der Waals surface area contributed by atoms with E-state index in [1.165, 1.54) is 12.1 Å². The van der Waals surface area contributed by atoms with E-state index in [2.05, 4.69) is 15.3 Å². The number of alkyl halides is 3. The van der Waals surface area contributed by atoms with Crippen LogP contribution in [-0.2, 0) is 19.1 Å². The maximum Gasteiger partial charge on any atom is 0.416 e. The number of fused-ring (bicyclic) bond motifs is 1. The summed E-state index contributed by atoms with van der Waals surface area (Å²) in [5.74, 6) is -0.296. The molecule has 0 radical (unpaired) electrons. The summed E-state index contributed by atoms with van der Waals surface area (Å²) in [6.07, 6.45) is -1.47. The number of nitrogens with one attached hydrogen (secondary N) is 1. The summed E-state index contributed by atoms with van der Waals surface area (Å²) < 4.78 is 41.2. The van der Waals surface area contributed by atoms with Crippen molar-refractivity contribution >= 4 is 23.0 Å². The fraction of sp³-hybridized carbons (Fsp3) is 0.333. The van der Waals surface area contributed by atoms with E-state index in [1.807, 2.05) is 42.7 Å². The first kappa shape index (κ1) is 24.7. The van der Waals surface area contributed by atoms with E-state index in [1.54, 1.807) is 0 Å². The Morgan fingerprint density at radius 3 is 2.46 bits per heavy atom. The second-order valence-corrected chi connectivity index (χ2v) is 9.41. The number of aromatic nitrogens is 4. The number of carboxylic acid groups (broad SMARTS) is 1. The monoisotopic (exact) mass is 509 g/mol. The lowest BCUT2D eigenvalue weighted by Crippen LogP contribution is -2.20. The maximum absolute atomic E-state index is 13.1. The van der Waals surface area contributed by atoms with Crippen molar-refractivity contribution < 1.29 is 23.1 Å². The minimum atomic E-state index is -4.43. The van der Waals surface area contributed by atoms with Crippen LogP contribution in [0.5, 0.6) is 0 Å². The molecule has 2 N–H and O–H groups in total. The van der Waals surface area contributed by atoms with Crippen LogP contribution < -0.4 is 5.32 Å². The van der Waals surface area contributed by atoms with Gasteiger partial charge in [0.25, 0.3) is 0 Å². The second kappa shape index (κ2) is 9.49. The Bertz CT molecular complexity index is 1460. The van der Waals surface area contributed by atoms with Crippen molar-refractivity contribution in [1.82, 2.24) is 19.5 Å². The van der Waals surface area contributed by atoms with E-state index in [0.717, 1.165) is 42.5 Å².